The zero-order chi connectivity index (χ0) is 14.7. The lowest BCUT2D eigenvalue weighted by Gasteiger charge is -2.15. The number of nitriles is 1. The Hall–Kier alpha value is -2.12. The second-order valence-corrected chi connectivity index (χ2v) is 6.07. The number of rotatable bonds is 4. The molecule has 0 fully saturated rings. The summed E-state index contributed by atoms with van der Waals surface area (Å²) >= 11 is 1.51. The fourth-order valence-electron chi connectivity index (χ4n) is 2.56. The van der Waals surface area contributed by atoms with E-state index in [2.05, 4.69) is 18.2 Å². The van der Waals surface area contributed by atoms with Crippen molar-refractivity contribution in [3.63, 3.8) is 0 Å². The number of carbonyl (C=O) groups is 1. The van der Waals surface area contributed by atoms with Gasteiger partial charge in [0, 0.05) is 11.3 Å². The molecule has 0 saturated carbocycles. The Kier molecular flexibility index (Phi) is 4.03. The summed E-state index contributed by atoms with van der Waals surface area (Å²) in [7, 11) is 0. The van der Waals surface area contributed by atoms with Crippen molar-refractivity contribution in [3.8, 4) is 16.5 Å². The van der Waals surface area contributed by atoms with E-state index in [1.807, 2.05) is 18.2 Å². The normalized spacial score (nSPS) is 12.1. The lowest BCUT2D eigenvalue weighted by atomic mass is 9.91. The van der Waals surface area contributed by atoms with E-state index >= 15 is 0 Å². The highest BCUT2D eigenvalue weighted by atomic mass is 32.1. The summed E-state index contributed by atoms with van der Waals surface area (Å²) in [6, 6.07) is 12.4. The number of benzene rings is 1. The van der Waals surface area contributed by atoms with E-state index in [1.165, 1.54) is 32.9 Å². The zero-order valence-electron chi connectivity index (χ0n) is 11.6. The Labute approximate surface area is 127 Å². The average Bonchev–Trinajstić information content (AvgIpc) is 2.96. The van der Waals surface area contributed by atoms with Crippen LogP contribution in [-0.4, -0.2) is 12.6 Å². The molecule has 0 atom stereocenters. The summed E-state index contributed by atoms with van der Waals surface area (Å²) in [5, 5.41) is 8.46. The van der Waals surface area contributed by atoms with Crippen LogP contribution in [0.5, 0.6) is 0 Å². The second-order valence-electron chi connectivity index (χ2n) is 5.02. The van der Waals surface area contributed by atoms with Gasteiger partial charge in [0.05, 0.1) is 12.7 Å². The molecule has 21 heavy (non-hydrogen) atoms. The fraction of sp³-hybridized carbons (Fsp3) is 0.294. The van der Waals surface area contributed by atoms with Gasteiger partial charge in [0.15, 0.2) is 0 Å². The minimum absolute atomic E-state index is 0.273. The van der Waals surface area contributed by atoms with Crippen molar-refractivity contribution in [1.82, 2.24) is 0 Å². The van der Waals surface area contributed by atoms with Gasteiger partial charge < -0.3 is 4.74 Å². The molecule has 0 aliphatic heterocycles. The molecule has 0 unspecified atom stereocenters. The molecule has 1 aliphatic carbocycles. The third-order valence-corrected chi connectivity index (χ3v) is 4.79. The zero-order valence-corrected chi connectivity index (χ0v) is 12.4. The third kappa shape index (κ3) is 2.84. The smallest absolute Gasteiger partial charge is 0.348 e. The SMILES string of the molecule is N#CCCCOC(=O)c1cc2c(s1)-c1ccccc1CC2. The molecule has 0 radical (unpaired) electrons. The summed E-state index contributed by atoms with van der Waals surface area (Å²) in [5.41, 5.74) is 3.83. The van der Waals surface area contributed by atoms with Crippen LogP contribution in [0.3, 0.4) is 0 Å². The number of hydrogen-bond acceptors (Lipinski definition) is 4. The van der Waals surface area contributed by atoms with Gasteiger partial charge in [-0.3, -0.25) is 0 Å². The lowest BCUT2D eigenvalue weighted by molar-refractivity contribution is 0.0507. The number of fused-ring (bicyclic) bond motifs is 3. The highest BCUT2D eigenvalue weighted by Crippen LogP contribution is 2.39. The van der Waals surface area contributed by atoms with E-state index in [4.69, 9.17) is 10.00 Å². The summed E-state index contributed by atoms with van der Waals surface area (Å²) in [6.07, 6.45) is 3.01. The minimum atomic E-state index is -0.273. The number of unbranched alkanes of at least 4 members (excludes halogenated alkanes) is 1. The van der Waals surface area contributed by atoms with Gasteiger partial charge >= 0.3 is 5.97 Å². The largest absolute Gasteiger partial charge is 0.461 e. The maximum atomic E-state index is 12.0. The topological polar surface area (TPSA) is 50.1 Å². The molecular formula is C17H15NO2S. The first kappa shape index (κ1) is 13.8. The van der Waals surface area contributed by atoms with Crippen LogP contribution in [0.2, 0.25) is 0 Å². The first-order valence-corrected chi connectivity index (χ1v) is 7.86. The molecule has 106 valence electrons. The number of nitrogens with zero attached hydrogens (tertiary/aromatic N) is 1. The monoisotopic (exact) mass is 297 g/mol. The second kappa shape index (κ2) is 6.11. The summed E-state index contributed by atoms with van der Waals surface area (Å²) in [5.74, 6) is -0.273. The Bertz CT molecular complexity index is 712. The molecule has 3 nitrogen and oxygen atoms in total. The number of carbonyl (C=O) groups excluding carboxylic acids is 1. The van der Waals surface area contributed by atoms with Crippen molar-refractivity contribution in [3.05, 3.63) is 46.3 Å². The molecule has 4 heteroatoms. The lowest BCUT2D eigenvalue weighted by Crippen LogP contribution is -2.04. The van der Waals surface area contributed by atoms with E-state index in [0.717, 1.165) is 12.8 Å². The quantitative estimate of drug-likeness (QED) is 0.633. The van der Waals surface area contributed by atoms with Gasteiger partial charge in [-0.15, -0.1) is 11.3 Å². The summed E-state index contributed by atoms with van der Waals surface area (Å²) < 4.78 is 5.22. The van der Waals surface area contributed by atoms with Crippen molar-refractivity contribution in [1.29, 1.82) is 5.26 Å². The Morgan fingerprint density at radius 1 is 1.29 bits per heavy atom. The van der Waals surface area contributed by atoms with Gasteiger partial charge in [-0.1, -0.05) is 24.3 Å². The summed E-state index contributed by atoms with van der Waals surface area (Å²) in [4.78, 5) is 13.9. The molecule has 0 N–H and O–H groups in total. The van der Waals surface area contributed by atoms with Crippen molar-refractivity contribution < 1.29 is 9.53 Å². The standard InChI is InChI=1S/C17H15NO2S/c18-9-3-4-10-20-17(19)15-11-13-8-7-12-5-1-2-6-14(12)16(13)21-15/h1-2,5-6,11H,3-4,7-8,10H2. The van der Waals surface area contributed by atoms with E-state index in [1.54, 1.807) is 0 Å². The predicted molar refractivity (Wildman–Crippen MR) is 82.3 cm³/mol. The Balaban J connectivity index is 1.78. The molecule has 0 amide bonds. The van der Waals surface area contributed by atoms with Gasteiger partial charge in [0.2, 0.25) is 0 Å². The Morgan fingerprint density at radius 3 is 2.95 bits per heavy atom. The highest BCUT2D eigenvalue weighted by molar-refractivity contribution is 7.17. The van der Waals surface area contributed by atoms with E-state index < -0.39 is 0 Å². The van der Waals surface area contributed by atoms with Crippen LogP contribution in [0.1, 0.15) is 33.6 Å². The van der Waals surface area contributed by atoms with E-state index in [-0.39, 0.29) is 5.97 Å². The molecule has 1 heterocycles. The summed E-state index contributed by atoms with van der Waals surface area (Å²) in [6.45, 7) is 0.311. The molecule has 0 saturated heterocycles. The Morgan fingerprint density at radius 2 is 2.10 bits per heavy atom. The van der Waals surface area contributed by atoms with Gasteiger partial charge in [0.25, 0.3) is 0 Å². The van der Waals surface area contributed by atoms with Gasteiger partial charge in [-0.05, 0) is 42.0 Å². The molecule has 2 aromatic rings. The van der Waals surface area contributed by atoms with Crippen LogP contribution < -0.4 is 0 Å². The molecule has 1 aromatic heterocycles. The molecule has 1 aromatic carbocycles. The van der Waals surface area contributed by atoms with Crippen LogP contribution in [0.4, 0.5) is 0 Å². The van der Waals surface area contributed by atoms with E-state index in [0.29, 0.717) is 24.3 Å². The molecule has 0 spiro atoms. The number of thiophene rings is 1. The molecule has 3 rings (SSSR count). The van der Waals surface area contributed by atoms with Crippen LogP contribution >= 0.6 is 11.3 Å². The van der Waals surface area contributed by atoms with Crippen molar-refractivity contribution in [2.75, 3.05) is 6.61 Å². The molecular weight excluding hydrogens is 282 g/mol. The first-order valence-electron chi connectivity index (χ1n) is 7.04. The van der Waals surface area contributed by atoms with Crippen molar-refractivity contribution >= 4 is 17.3 Å². The van der Waals surface area contributed by atoms with Gasteiger partial charge in [-0.25, -0.2) is 4.79 Å². The van der Waals surface area contributed by atoms with Crippen LogP contribution in [0.15, 0.2) is 30.3 Å². The average molecular weight is 297 g/mol. The van der Waals surface area contributed by atoms with Gasteiger partial charge in [-0.2, -0.15) is 5.26 Å². The fourth-order valence-corrected chi connectivity index (χ4v) is 3.72. The predicted octanol–water partition coefficient (Wildman–Crippen LogP) is 3.97. The van der Waals surface area contributed by atoms with Crippen LogP contribution in [-0.2, 0) is 17.6 Å². The van der Waals surface area contributed by atoms with Crippen molar-refractivity contribution in [2.45, 2.75) is 25.7 Å². The minimum Gasteiger partial charge on any atom is -0.461 e. The number of ether oxygens (including phenoxy) is 1. The molecule has 0 bridgehead atoms. The number of esters is 1. The van der Waals surface area contributed by atoms with Gasteiger partial charge in [0.1, 0.15) is 4.88 Å². The van der Waals surface area contributed by atoms with E-state index in [9.17, 15) is 4.79 Å². The third-order valence-electron chi connectivity index (χ3n) is 3.60. The van der Waals surface area contributed by atoms with Crippen LogP contribution in [0.25, 0.3) is 10.4 Å². The highest BCUT2D eigenvalue weighted by Gasteiger charge is 2.21. The molecule has 1 aliphatic rings. The number of hydrogen-bond donors (Lipinski definition) is 0. The number of aryl methyl sites for hydroxylation is 2. The van der Waals surface area contributed by atoms with Crippen LogP contribution in [0, 0.1) is 11.3 Å². The van der Waals surface area contributed by atoms with Crippen molar-refractivity contribution in [2.24, 2.45) is 0 Å². The first-order chi connectivity index (χ1) is 10.3. The maximum absolute atomic E-state index is 12.0. The maximum Gasteiger partial charge on any atom is 0.348 e.